The topological polar surface area (TPSA) is 12.0 Å². The summed E-state index contributed by atoms with van der Waals surface area (Å²) in [5.74, 6) is 0. The van der Waals surface area contributed by atoms with E-state index < -0.39 is 0 Å². The van der Waals surface area contributed by atoms with Crippen molar-refractivity contribution < 1.29 is 0 Å². The first-order valence-corrected chi connectivity index (χ1v) is 7.96. The molecule has 0 aromatic heterocycles. The lowest BCUT2D eigenvalue weighted by atomic mass is 9.78. The summed E-state index contributed by atoms with van der Waals surface area (Å²) in [5, 5.41) is 3.52. The molecule has 0 spiro atoms. The fourth-order valence-electron chi connectivity index (χ4n) is 3.00. The monoisotopic (exact) mass is 259 g/mol. The Morgan fingerprint density at radius 3 is 2.53 bits per heavy atom. The van der Waals surface area contributed by atoms with Gasteiger partial charge >= 0.3 is 0 Å². The minimum atomic E-state index is 0.285. The van der Waals surface area contributed by atoms with Crippen molar-refractivity contribution in [2.75, 3.05) is 13.1 Å². The van der Waals surface area contributed by atoms with Crippen molar-refractivity contribution in [1.82, 2.24) is 5.32 Å². The van der Waals surface area contributed by atoms with Crippen LogP contribution in [0, 0.1) is 0 Å². The molecule has 1 aromatic rings. The van der Waals surface area contributed by atoms with Gasteiger partial charge in [0.15, 0.2) is 0 Å². The number of rotatable bonds is 6. The van der Waals surface area contributed by atoms with Gasteiger partial charge in [-0.05, 0) is 73.7 Å². The molecule has 0 aliphatic heterocycles. The van der Waals surface area contributed by atoms with Crippen LogP contribution in [-0.2, 0) is 18.3 Å². The minimum Gasteiger partial charge on any atom is -0.317 e. The van der Waals surface area contributed by atoms with E-state index in [2.05, 4.69) is 44.3 Å². The molecular weight excluding hydrogens is 230 g/mol. The van der Waals surface area contributed by atoms with Crippen molar-refractivity contribution in [2.24, 2.45) is 0 Å². The molecule has 1 aromatic carbocycles. The molecule has 19 heavy (non-hydrogen) atoms. The molecule has 0 amide bonds. The molecule has 1 N–H and O–H groups in total. The third kappa shape index (κ3) is 3.82. The van der Waals surface area contributed by atoms with Crippen molar-refractivity contribution >= 4 is 0 Å². The van der Waals surface area contributed by atoms with Gasteiger partial charge in [0.25, 0.3) is 0 Å². The van der Waals surface area contributed by atoms with Crippen LogP contribution in [0.2, 0.25) is 0 Å². The molecule has 0 saturated carbocycles. The second kappa shape index (κ2) is 6.56. The van der Waals surface area contributed by atoms with Crippen LogP contribution in [0.4, 0.5) is 0 Å². The molecule has 106 valence electrons. The van der Waals surface area contributed by atoms with Crippen LogP contribution < -0.4 is 5.32 Å². The maximum atomic E-state index is 3.52. The van der Waals surface area contributed by atoms with E-state index >= 15 is 0 Å². The molecule has 0 bridgehead atoms. The summed E-state index contributed by atoms with van der Waals surface area (Å²) in [7, 11) is 0. The highest BCUT2D eigenvalue weighted by Crippen LogP contribution is 2.30. The highest BCUT2D eigenvalue weighted by Gasteiger charge is 2.21. The molecule has 0 unspecified atom stereocenters. The van der Waals surface area contributed by atoms with Gasteiger partial charge < -0.3 is 5.32 Å². The van der Waals surface area contributed by atoms with E-state index in [1.165, 1.54) is 44.1 Å². The summed E-state index contributed by atoms with van der Waals surface area (Å²) in [4.78, 5) is 0. The van der Waals surface area contributed by atoms with Crippen molar-refractivity contribution in [1.29, 1.82) is 0 Å². The number of hydrogen-bond acceptors (Lipinski definition) is 1. The van der Waals surface area contributed by atoms with E-state index in [9.17, 15) is 0 Å². The maximum Gasteiger partial charge on any atom is -0.00406 e. The molecule has 1 aliphatic rings. The molecule has 0 atom stereocenters. The minimum absolute atomic E-state index is 0.285. The number of fused-ring (bicyclic) bond motifs is 1. The zero-order valence-electron chi connectivity index (χ0n) is 12.9. The van der Waals surface area contributed by atoms with Crippen LogP contribution in [-0.4, -0.2) is 13.1 Å². The third-order valence-corrected chi connectivity index (χ3v) is 4.48. The van der Waals surface area contributed by atoms with E-state index in [0.29, 0.717) is 0 Å². The first kappa shape index (κ1) is 14.6. The Labute approximate surface area is 118 Å². The summed E-state index contributed by atoms with van der Waals surface area (Å²) in [6.45, 7) is 9.25. The fraction of sp³-hybridized carbons (Fsp3) is 0.667. The first-order chi connectivity index (χ1) is 9.13. The summed E-state index contributed by atoms with van der Waals surface area (Å²) in [5.41, 5.74) is 5.01. The summed E-state index contributed by atoms with van der Waals surface area (Å²) in [6.07, 6.45) is 7.75. The third-order valence-electron chi connectivity index (χ3n) is 4.48. The predicted molar refractivity (Wildman–Crippen MR) is 83.9 cm³/mol. The average Bonchev–Trinajstić information content (AvgIpc) is 2.43. The van der Waals surface area contributed by atoms with Crippen molar-refractivity contribution in [3.63, 3.8) is 0 Å². The quantitative estimate of drug-likeness (QED) is 0.754. The Morgan fingerprint density at radius 1 is 1.05 bits per heavy atom. The number of hydrogen-bond donors (Lipinski definition) is 1. The smallest absolute Gasteiger partial charge is 0.00406 e. The summed E-state index contributed by atoms with van der Waals surface area (Å²) >= 11 is 0. The van der Waals surface area contributed by atoms with Gasteiger partial charge in [-0.3, -0.25) is 0 Å². The zero-order valence-corrected chi connectivity index (χ0v) is 12.9. The van der Waals surface area contributed by atoms with Crippen LogP contribution in [0.15, 0.2) is 18.2 Å². The molecule has 0 heterocycles. The Balaban J connectivity index is 2.03. The predicted octanol–water partition coefficient (Wildman–Crippen LogP) is 4.23. The van der Waals surface area contributed by atoms with E-state index in [4.69, 9.17) is 0 Å². The van der Waals surface area contributed by atoms with Gasteiger partial charge in [-0.25, -0.2) is 0 Å². The van der Waals surface area contributed by atoms with Crippen molar-refractivity contribution in [3.05, 3.63) is 34.9 Å². The van der Waals surface area contributed by atoms with Gasteiger partial charge in [0.2, 0.25) is 0 Å². The highest BCUT2D eigenvalue weighted by molar-refractivity contribution is 5.37. The lowest BCUT2D eigenvalue weighted by Gasteiger charge is -2.28. The Hall–Kier alpha value is -0.820. The fourth-order valence-corrected chi connectivity index (χ4v) is 3.00. The van der Waals surface area contributed by atoms with Crippen LogP contribution in [0.5, 0.6) is 0 Å². The van der Waals surface area contributed by atoms with Crippen LogP contribution in [0.25, 0.3) is 0 Å². The van der Waals surface area contributed by atoms with Crippen LogP contribution in [0.3, 0.4) is 0 Å². The van der Waals surface area contributed by atoms with Gasteiger partial charge in [0.05, 0.1) is 0 Å². The largest absolute Gasteiger partial charge is 0.317 e. The van der Waals surface area contributed by atoms with E-state index in [1.54, 1.807) is 11.1 Å². The maximum absolute atomic E-state index is 3.52. The van der Waals surface area contributed by atoms with Crippen LogP contribution in [0.1, 0.15) is 63.1 Å². The lowest BCUT2D eigenvalue weighted by Crippen LogP contribution is -2.26. The molecule has 1 aliphatic carbocycles. The zero-order chi connectivity index (χ0) is 13.7. The van der Waals surface area contributed by atoms with E-state index in [0.717, 1.165) is 13.1 Å². The van der Waals surface area contributed by atoms with E-state index in [1.807, 2.05) is 0 Å². The Morgan fingerprint density at radius 2 is 1.79 bits per heavy atom. The first-order valence-electron chi connectivity index (χ1n) is 7.96. The van der Waals surface area contributed by atoms with Gasteiger partial charge in [0.1, 0.15) is 0 Å². The molecule has 2 rings (SSSR count). The lowest BCUT2D eigenvalue weighted by molar-refractivity contribution is 0.456. The van der Waals surface area contributed by atoms with Gasteiger partial charge in [-0.2, -0.15) is 0 Å². The van der Waals surface area contributed by atoms with Crippen molar-refractivity contribution in [3.8, 4) is 0 Å². The molecular formula is C18H29N. The number of benzene rings is 1. The number of aryl methyl sites for hydroxylation is 2. The molecule has 0 fully saturated rings. The Kier molecular flexibility index (Phi) is 5.04. The van der Waals surface area contributed by atoms with Gasteiger partial charge in [0, 0.05) is 0 Å². The summed E-state index contributed by atoms with van der Waals surface area (Å²) < 4.78 is 0. The highest BCUT2D eigenvalue weighted by atomic mass is 14.8. The van der Waals surface area contributed by atoms with Gasteiger partial charge in [-0.1, -0.05) is 39.0 Å². The molecule has 0 radical (unpaired) electrons. The molecule has 0 saturated heterocycles. The average molecular weight is 259 g/mol. The normalized spacial score (nSPS) is 15.3. The van der Waals surface area contributed by atoms with E-state index in [-0.39, 0.29) is 5.41 Å². The second-order valence-corrected chi connectivity index (χ2v) is 6.57. The summed E-state index contributed by atoms with van der Waals surface area (Å²) in [6, 6.07) is 7.23. The number of nitrogens with one attached hydrogen (secondary N) is 1. The Bertz CT molecular complexity index is 406. The molecule has 1 heteroatoms. The standard InChI is InChI=1S/C18H29N/c1-4-12-19-13-11-18(2,3)17-10-9-15-7-5-6-8-16(15)14-17/h9-10,14,19H,4-8,11-13H2,1-3H3. The van der Waals surface area contributed by atoms with Gasteiger partial charge in [-0.15, -0.1) is 0 Å². The van der Waals surface area contributed by atoms with Crippen LogP contribution >= 0.6 is 0 Å². The second-order valence-electron chi connectivity index (χ2n) is 6.57. The SMILES string of the molecule is CCCNCCC(C)(C)c1ccc2c(c1)CCCC2. The van der Waals surface area contributed by atoms with Crippen molar-refractivity contribution in [2.45, 2.75) is 64.7 Å². The molecule has 1 nitrogen and oxygen atoms in total.